The summed E-state index contributed by atoms with van der Waals surface area (Å²) in [4.78, 5) is 8.49. The van der Waals surface area contributed by atoms with E-state index in [0.29, 0.717) is 12.5 Å². The van der Waals surface area contributed by atoms with E-state index in [4.69, 9.17) is 4.74 Å². The molecular weight excluding hydrogens is 324 g/mol. The van der Waals surface area contributed by atoms with Crippen molar-refractivity contribution in [2.75, 3.05) is 6.54 Å². The average molecular weight is 344 g/mol. The molecule has 0 unspecified atom stereocenters. The molecule has 5 nitrogen and oxygen atoms in total. The summed E-state index contributed by atoms with van der Waals surface area (Å²) in [7, 11) is 0. The Kier molecular flexibility index (Phi) is 4.87. The number of rotatable bonds is 6. The molecule has 5 heteroatoms. The Morgan fingerprint density at radius 2 is 1.92 bits per heavy atom. The second kappa shape index (κ2) is 7.78. The van der Waals surface area contributed by atoms with Crippen LogP contribution in [-0.4, -0.2) is 27.5 Å². The fourth-order valence-corrected chi connectivity index (χ4v) is 2.82. The predicted molar refractivity (Wildman–Crippen MR) is 102 cm³/mol. The number of dihydropyridines is 1. The van der Waals surface area contributed by atoms with Crippen LogP contribution in [0.2, 0.25) is 0 Å². The maximum atomic E-state index is 5.67. The highest BCUT2D eigenvalue weighted by molar-refractivity contribution is 6.10. The molecule has 1 aliphatic rings. The first-order chi connectivity index (χ1) is 12.9. The van der Waals surface area contributed by atoms with Crippen LogP contribution in [0, 0.1) is 0 Å². The van der Waals surface area contributed by atoms with Gasteiger partial charge in [-0.1, -0.05) is 36.4 Å². The summed E-state index contributed by atoms with van der Waals surface area (Å²) in [5, 5.41) is 4.47. The van der Waals surface area contributed by atoms with E-state index < -0.39 is 0 Å². The van der Waals surface area contributed by atoms with Crippen LogP contribution in [0.25, 0.3) is 5.57 Å². The number of nitrogens with zero attached hydrogens (tertiary/aromatic N) is 4. The van der Waals surface area contributed by atoms with Crippen molar-refractivity contribution in [2.24, 2.45) is 4.99 Å². The second-order valence-electron chi connectivity index (χ2n) is 6.18. The molecule has 3 aromatic rings. The highest BCUT2D eigenvalue weighted by Crippen LogP contribution is 2.16. The maximum absolute atomic E-state index is 5.67. The molecule has 0 saturated heterocycles. The van der Waals surface area contributed by atoms with Crippen molar-refractivity contribution in [3.63, 3.8) is 0 Å². The van der Waals surface area contributed by atoms with E-state index in [0.717, 1.165) is 36.2 Å². The molecule has 1 aromatic carbocycles. The minimum atomic E-state index is 0.511. The molecule has 0 amide bonds. The molecule has 0 fully saturated rings. The fraction of sp³-hybridized carbons (Fsp3) is 0.190. The van der Waals surface area contributed by atoms with Gasteiger partial charge in [0.05, 0.1) is 12.7 Å². The van der Waals surface area contributed by atoms with Gasteiger partial charge in [0.15, 0.2) is 0 Å². The summed E-state index contributed by atoms with van der Waals surface area (Å²) < 4.78 is 7.63. The average Bonchev–Trinajstić information content (AvgIpc) is 3.17. The molecular formula is C21H20N4O. The highest BCUT2D eigenvalue weighted by Gasteiger charge is 2.06. The third-order valence-electron chi connectivity index (χ3n) is 4.21. The number of aliphatic imine (C=N–C) groups is 1. The smallest absolute Gasteiger partial charge is 0.213 e. The molecule has 0 atom stereocenters. The maximum Gasteiger partial charge on any atom is 0.213 e. The fourth-order valence-electron chi connectivity index (χ4n) is 2.82. The normalized spacial score (nSPS) is 13.5. The van der Waals surface area contributed by atoms with Gasteiger partial charge in [0.25, 0.3) is 0 Å². The molecule has 2 aromatic heterocycles. The molecule has 0 spiro atoms. The van der Waals surface area contributed by atoms with Crippen molar-refractivity contribution in [1.82, 2.24) is 14.8 Å². The van der Waals surface area contributed by atoms with E-state index in [9.17, 15) is 0 Å². The number of hydrogen-bond acceptors (Lipinski definition) is 4. The summed E-state index contributed by atoms with van der Waals surface area (Å²) >= 11 is 0. The van der Waals surface area contributed by atoms with Crippen LogP contribution in [0.5, 0.6) is 5.88 Å². The van der Waals surface area contributed by atoms with Gasteiger partial charge in [-0.05, 0) is 29.2 Å². The standard InChI is InChI=1S/C21H20N4O/c1-2-11-23-21(5-1)26-16-18-8-6-17(7-9-18)14-25-15-20(13-24-25)19-4-3-10-22-12-19/h1-2,4-9,11-13,15H,3,10,14,16H2. The summed E-state index contributed by atoms with van der Waals surface area (Å²) in [5.74, 6) is 0.640. The minimum Gasteiger partial charge on any atom is -0.473 e. The van der Waals surface area contributed by atoms with E-state index in [1.54, 1.807) is 6.20 Å². The van der Waals surface area contributed by atoms with Crippen molar-refractivity contribution in [3.05, 3.63) is 83.8 Å². The monoisotopic (exact) mass is 344 g/mol. The van der Waals surface area contributed by atoms with E-state index in [1.807, 2.05) is 35.3 Å². The quantitative estimate of drug-likeness (QED) is 0.684. The number of aromatic nitrogens is 3. The Labute approximate surface area is 152 Å². The van der Waals surface area contributed by atoms with Gasteiger partial charge in [0, 0.05) is 36.8 Å². The number of benzene rings is 1. The molecule has 1 aliphatic heterocycles. The number of hydrogen-bond donors (Lipinski definition) is 0. The third-order valence-corrected chi connectivity index (χ3v) is 4.21. The first-order valence-corrected chi connectivity index (χ1v) is 8.71. The molecule has 0 bridgehead atoms. The number of pyridine rings is 1. The van der Waals surface area contributed by atoms with Gasteiger partial charge in [-0.2, -0.15) is 5.10 Å². The van der Waals surface area contributed by atoms with E-state index in [-0.39, 0.29) is 0 Å². The Morgan fingerprint density at radius 3 is 2.69 bits per heavy atom. The molecule has 0 N–H and O–H groups in total. The molecule has 26 heavy (non-hydrogen) atoms. The summed E-state index contributed by atoms with van der Waals surface area (Å²) in [6.45, 7) is 2.14. The van der Waals surface area contributed by atoms with Crippen LogP contribution in [0.4, 0.5) is 0 Å². The van der Waals surface area contributed by atoms with Gasteiger partial charge >= 0.3 is 0 Å². The lowest BCUT2D eigenvalue weighted by Crippen LogP contribution is -2.01. The zero-order chi connectivity index (χ0) is 17.6. The zero-order valence-corrected chi connectivity index (χ0v) is 14.5. The summed E-state index contributed by atoms with van der Waals surface area (Å²) in [5.41, 5.74) is 4.59. The van der Waals surface area contributed by atoms with Crippen molar-refractivity contribution >= 4 is 11.8 Å². The van der Waals surface area contributed by atoms with Gasteiger partial charge in [-0.25, -0.2) is 4.98 Å². The van der Waals surface area contributed by atoms with E-state index in [1.165, 1.54) is 5.56 Å². The Morgan fingerprint density at radius 1 is 1.04 bits per heavy atom. The largest absolute Gasteiger partial charge is 0.473 e. The second-order valence-corrected chi connectivity index (χ2v) is 6.18. The van der Waals surface area contributed by atoms with Gasteiger partial charge < -0.3 is 4.74 Å². The molecule has 0 aliphatic carbocycles. The van der Waals surface area contributed by atoms with Gasteiger partial charge in [-0.15, -0.1) is 0 Å². The summed E-state index contributed by atoms with van der Waals surface area (Å²) in [6, 6.07) is 14.0. The topological polar surface area (TPSA) is 52.3 Å². The van der Waals surface area contributed by atoms with Crippen molar-refractivity contribution in [2.45, 2.75) is 19.6 Å². The van der Waals surface area contributed by atoms with Crippen molar-refractivity contribution in [1.29, 1.82) is 0 Å². The Bertz CT molecular complexity index is 911. The van der Waals surface area contributed by atoms with E-state index >= 15 is 0 Å². The zero-order valence-electron chi connectivity index (χ0n) is 14.5. The Balaban J connectivity index is 1.36. The first-order valence-electron chi connectivity index (χ1n) is 8.71. The molecule has 3 heterocycles. The molecule has 0 radical (unpaired) electrons. The molecule has 4 rings (SSSR count). The van der Waals surface area contributed by atoms with Crippen LogP contribution < -0.4 is 4.74 Å². The lowest BCUT2D eigenvalue weighted by Gasteiger charge is -2.07. The lowest BCUT2D eigenvalue weighted by molar-refractivity contribution is 0.294. The van der Waals surface area contributed by atoms with Crippen LogP contribution >= 0.6 is 0 Å². The number of ether oxygens (including phenoxy) is 1. The molecule has 0 saturated carbocycles. The van der Waals surface area contributed by atoms with Crippen molar-refractivity contribution in [3.8, 4) is 5.88 Å². The number of allylic oxidation sites excluding steroid dienone is 1. The lowest BCUT2D eigenvalue weighted by atomic mass is 10.1. The van der Waals surface area contributed by atoms with Gasteiger partial charge in [0.1, 0.15) is 6.61 Å². The SMILES string of the molecule is C1=NCCC=C1c1cnn(Cc2ccc(COc3ccccn3)cc2)c1. The third kappa shape index (κ3) is 4.06. The first kappa shape index (κ1) is 16.3. The Hall–Kier alpha value is -3.21. The van der Waals surface area contributed by atoms with Gasteiger partial charge in [0.2, 0.25) is 5.88 Å². The van der Waals surface area contributed by atoms with Crippen LogP contribution in [0.15, 0.2) is 72.1 Å². The van der Waals surface area contributed by atoms with Gasteiger partial charge in [-0.3, -0.25) is 9.67 Å². The van der Waals surface area contributed by atoms with Crippen LogP contribution in [0.1, 0.15) is 23.1 Å². The predicted octanol–water partition coefficient (Wildman–Crippen LogP) is 3.76. The summed E-state index contributed by atoms with van der Waals surface area (Å²) in [6.07, 6.45) is 10.8. The minimum absolute atomic E-state index is 0.511. The van der Waals surface area contributed by atoms with E-state index in [2.05, 4.69) is 51.6 Å². The van der Waals surface area contributed by atoms with Crippen LogP contribution in [-0.2, 0) is 13.2 Å². The highest BCUT2D eigenvalue weighted by atomic mass is 16.5. The van der Waals surface area contributed by atoms with Crippen LogP contribution in [0.3, 0.4) is 0 Å². The van der Waals surface area contributed by atoms with Crippen molar-refractivity contribution < 1.29 is 4.74 Å². The molecule has 130 valence electrons.